The highest BCUT2D eigenvalue weighted by Crippen LogP contribution is 2.34. The number of thioether (sulfide) groups is 1. The summed E-state index contributed by atoms with van der Waals surface area (Å²) in [6.45, 7) is 6.82. The molecule has 2 aliphatic rings. The van der Waals surface area contributed by atoms with Crippen LogP contribution in [0.15, 0.2) is 35.4 Å². The van der Waals surface area contributed by atoms with Crippen LogP contribution in [0.5, 0.6) is 0 Å². The van der Waals surface area contributed by atoms with Gasteiger partial charge in [0.25, 0.3) is 5.91 Å². The second-order valence-electron chi connectivity index (χ2n) is 8.71. The molecule has 2 saturated heterocycles. The fourth-order valence-corrected chi connectivity index (χ4v) is 5.52. The second kappa shape index (κ2) is 9.57. The van der Waals surface area contributed by atoms with Gasteiger partial charge in [-0.2, -0.15) is 0 Å². The second-order valence-corrected chi connectivity index (χ2v) is 10.4. The van der Waals surface area contributed by atoms with Crippen LogP contribution in [-0.4, -0.2) is 50.1 Å². The van der Waals surface area contributed by atoms with Crippen molar-refractivity contribution in [3.63, 3.8) is 0 Å². The Morgan fingerprint density at radius 3 is 2.58 bits per heavy atom. The Hall–Kier alpha value is -2.12. The van der Waals surface area contributed by atoms with Gasteiger partial charge >= 0.3 is 0 Å². The number of amides is 2. The Balaban J connectivity index is 1.61. The van der Waals surface area contributed by atoms with Crippen LogP contribution in [0.4, 0.5) is 0 Å². The lowest BCUT2D eigenvalue weighted by Gasteiger charge is -2.20. The molecule has 0 radical (unpaired) electrons. The average Bonchev–Trinajstić information content (AvgIpc) is 3.06. The number of carbonyl (C=O) groups excluding carboxylic acids is 2. The molecule has 2 aliphatic heterocycles. The van der Waals surface area contributed by atoms with E-state index in [1.54, 1.807) is 4.90 Å². The lowest BCUT2D eigenvalue weighted by atomic mass is 10.1. The summed E-state index contributed by atoms with van der Waals surface area (Å²) in [7, 11) is 0. The van der Waals surface area contributed by atoms with E-state index in [9.17, 15) is 9.59 Å². The molecule has 2 amide bonds. The summed E-state index contributed by atoms with van der Waals surface area (Å²) in [6, 6.07) is 8.06. The number of carbonyl (C=O) groups is 2. The highest BCUT2D eigenvalue weighted by Gasteiger charge is 2.32. The van der Waals surface area contributed by atoms with Crippen LogP contribution in [0.1, 0.15) is 45.1 Å². The van der Waals surface area contributed by atoms with Gasteiger partial charge in [-0.15, -0.1) is 0 Å². The monoisotopic (exact) mass is 455 g/mol. The third-order valence-corrected chi connectivity index (χ3v) is 7.17. The van der Waals surface area contributed by atoms with Crippen molar-refractivity contribution < 1.29 is 9.59 Å². The summed E-state index contributed by atoms with van der Waals surface area (Å²) in [5.74, 6) is 0.493. The van der Waals surface area contributed by atoms with Gasteiger partial charge in [-0.3, -0.25) is 14.5 Å². The molecular formula is C24H29N3O2S2. The molecule has 164 valence electrons. The summed E-state index contributed by atoms with van der Waals surface area (Å²) >= 11 is 6.80. The van der Waals surface area contributed by atoms with Gasteiger partial charge in [0.05, 0.1) is 4.91 Å². The van der Waals surface area contributed by atoms with Crippen molar-refractivity contribution in [3.8, 4) is 0 Å². The molecule has 1 aromatic heterocycles. The Morgan fingerprint density at radius 1 is 1.16 bits per heavy atom. The van der Waals surface area contributed by atoms with Gasteiger partial charge in [0.2, 0.25) is 5.91 Å². The molecule has 0 aliphatic carbocycles. The fraction of sp³-hybridized carbons (Fsp3) is 0.458. The van der Waals surface area contributed by atoms with Gasteiger partial charge in [0, 0.05) is 42.3 Å². The summed E-state index contributed by atoms with van der Waals surface area (Å²) in [5.41, 5.74) is 1.96. The van der Waals surface area contributed by atoms with Crippen LogP contribution in [-0.2, 0) is 16.1 Å². The van der Waals surface area contributed by atoms with Crippen molar-refractivity contribution in [1.29, 1.82) is 0 Å². The predicted molar refractivity (Wildman–Crippen MR) is 132 cm³/mol. The van der Waals surface area contributed by atoms with Crippen molar-refractivity contribution in [2.24, 2.45) is 5.92 Å². The molecule has 5 nitrogen and oxygen atoms in total. The molecule has 1 aromatic carbocycles. The first kappa shape index (κ1) is 22.1. The van der Waals surface area contributed by atoms with Crippen LogP contribution in [0.3, 0.4) is 0 Å². The number of hydrogen-bond donors (Lipinski definition) is 0. The van der Waals surface area contributed by atoms with E-state index in [0.717, 1.165) is 42.4 Å². The number of para-hydroxylation sites is 1. The lowest BCUT2D eigenvalue weighted by molar-refractivity contribution is -0.131. The third-order valence-electron chi connectivity index (χ3n) is 5.79. The van der Waals surface area contributed by atoms with Crippen LogP contribution in [0.25, 0.3) is 17.0 Å². The maximum absolute atomic E-state index is 13.0. The van der Waals surface area contributed by atoms with Gasteiger partial charge in [0.1, 0.15) is 10.9 Å². The molecular weight excluding hydrogens is 426 g/mol. The molecule has 0 bridgehead atoms. The maximum Gasteiger partial charge on any atom is 0.266 e. The molecule has 31 heavy (non-hydrogen) atoms. The number of likely N-dealkylation sites (tertiary alicyclic amines) is 1. The van der Waals surface area contributed by atoms with Gasteiger partial charge in [-0.1, -0.05) is 68.9 Å². The van der Waals surface area contributed by atoms with Crippen LogP contribution < -0.4 is 0 Å². The van der Waals surface area contributed by atoms with E-state index in [0.29, 0.717) is 28.2 Å². The average molecular weight is 456 g/mol. The molecule has 2 aromatic rings. The zero-order valence-electron chi connectivity index (χ0n) is 18.2. The van der Waals surface area contributed by atoms with Crippen molar-refractivity contribution in [2.75, 3.05) is 19.6 Å². The molecule has 0 atom stereocenters. The van der Waals surface area contributed by atoms with Gasteiger partial charge in [-0.25, -0.2) is 0 Å². The maximum atomic E-state index is 13.0. The van der Waals surface area contributed by atoms with E-state index in [-0.39, 0.29) is 11.8 Å². The zero-order valence-corrected chi connectivity index (χ0v) is 19.8. The highest BCUT2D eigenvalue weighted by molar-refractivity contribution is 8.26. The summed E-state index contributed by atoms with van der Waals surface area (Å²) in [4.78, 5) is 30.2. The largest absolute Gasteiger partial charge is 0.341 e. The van der Waals surface area contributed by atoms with E-state index in [4.69, 9.17) is 12.2 Å². The molecule has 0 saturated carbocycles. The minimum absolute atomic E-state index is 0.0267. The number of hydrogen-bond acceptors (Lipinski definition) is 4. The van der Waals surface area contributed by atoms with E-state index >= 15 is 0 Å². The van der Waals surface area contributed by atoms with Crippen LogP contribution in [0, 0.1) is 5.92 Å². The van der Waals surface area contributed by atoms with E-state index < -0.39 is 0 Å². The molecule has 0 spiro atoms. The summed E-state index contributed by atoms with van der Waals surface area (Å²) < 4.78 is 2.63. The topological polar surface area (TPSA) is 45.6 Å². The van der Waals surface area contributed by atoms with E-state index in [2.05, 4.69) is 13.8 Å². The number of rotatable bonds is 5. The summed E-state index contributed by atoms with van der Waals surface area (Å²) in [6.07, 6.45) is 8.50. The first-order valence-corrected chi connectivity index (χ1v) is 12.3. The Morgan fingerprint density at radius 2 is 1.87 bits per heavy atom. The van der Waals surface area contributed by atoms with Crippen LogP contribution >= 0.6 is 24.0 Å². The van der Waals surface area contributed by atoms with Gasteiger partial charge in [0.15, 0.2) is 0 Å². The van der Waals surface area contributed by atoms with Crippen molar-refractivity contribution >= 4 is 57.1 Å². The minimum atomic E-state index is -0.0267. The summed E-state index contributed by atoms with van der Waals surface area (Å²) in [5, 5.41) is 1.04. The highest BCUT2D eigenvalue weighted by atomic mass is 32.2. The van der Waals surface area contributed by atoms with Crippen molar-refractivity contribution in [1.82, 2.24) is 14.4 Å². The first-order chi connectivity index (χ1) is 14.9. The standard InChI is InChI=1S/C24H29N3O2S2/c1-17(2)14-27-23(29)21(31-24(27)30)13-18-15-26(20-10-6-5-9-19(18)20)16-22(28)25-11-7-3-4-8-12-25/h5-6,9-10,13,15,17H,3-4,7-8,11-12,14,16H2,1-2H3/b21-13-. The third kappa shape index (κ3) is 4.88. The van der Waals surface area contributed by atoms with Gasteiger partial charge in [-0.05, 0) is 30.9 Å². The van der Waals surface area contributed by atoms with Crippen molar-refractivity contribution in [3.05, 3.63) is 40.9 Å². The van der Waals surface area contributed by atoms with E-state index in [1.165, 1.54) is 24.6 Å². The number of nitrogens with zero attached hydrogens (tertiary/aromatic N) is 3. The quantitative estimate of drug-likeness (QED) is 0.475. The van der Waals surface area contributed by atoms with Crippen molar-refractivity contribution in [2.45, 2.75) is 46.1 Å². The molecule has 4 rings (SSSR count). The lowest BCUT2D eigenvalue weighted by Crippen LogP contribution is -2.34. The number of benzene rings is 1. The smallest absolute Gasteiger partial charge is 0.266 e. The number of aromatic nitrogens is 1. The predicted octanol–water partition coefficient (Wildman–Crippen LogP) is 4.90. The molecule has 7 heteroatoms. The van der Waals surface area contributed by atoms with Crippen LogP contribution in [0.2, 0.25) is 0 Å². The van der Waals surface area contributed by atoms with Gasteiger partial charge < -0.3 is 9.47 Å². The molecule has 0 unspecified atom stereocenters. The first-order valence-electron chi connectivity index (χ1n) is 11.0. The normalized spacial score (nSPS) is 19.1. The fourth-order valence-electron chi connectivity index (χ4n) is 4.25. The zero-order chi connectivity index (χ0) is 22.0. The Kier molecular flexibility index (Phi) is 6.82. The number of thiocarbonyl (C=S) groups is 1. The number of fused-ring (bicyclic) bond motifs is 1. The Bertz CT molecular complexity index is 1030. The SMILES string of the molecule is CC(C)CN1C(=O)/C(=C/c2cn(CC(=O)N3CCCCCC3)c3ccccc23)SC1=S. The molecule has 0 N–H and O–H groups in total. The molecule has 3 heterocycles. The minimum Gasteiger partial charge on any atom is -0.341 e. The molecule has 2 fully saturated rings. The van der Waals surface area contributed by atoms with E-state index in [1.807, 2.05) is 46.0 Å². The Labute approximate surface area is 193 Å².